The van der Waals surface area contributed by atoms with Gasteiger partial charge >= 0.3 is 5.97 Å². The molecule has 0 aliphatic carbocycles. The number of hydrogen-bond acceptors (Lipinski definition) is 10. The van der Waals surface area contributed by atoms with E-state index in [1.807, 2.05) is 6.08 Å². The van der Waals surface area contributed by atoms with Crippen molar-refractivity contribution in [1.82, 2.24) is 5.32 Å². The number of hydrogen-bond donors (Lipinski definition) is 6. The lowest BCUT2D eigenvalue weighted by molar-refractivity contribution is -0.302. The van der Waals surface area contributed by atoms with Crippen LogP contribution in [-0.4, -0.2) is 100 Å². The Kier molecular flexibility index (Phi) is 53.7. The number of aliphatic hydroxyl groups is 5. The topological polar surface area (TPSA) is 175 Å². The Morgan fingerprint density at radius 1 is 0.462 bits per heavy atom. The summed E-state index contributed by atoms with van der Waals surface area (Å²) in [4.78, 5) is 25.1. The van der Waals surface area contributed by atoms with Crippen molar-refractivity contribution < 1.29 is 49.3 Å². The number of carbonyl (C=O) groups is 2. The largest absolute Gasteiger partial charge is 0.466 e. The third-order valence-electron chi connectivity index (χ3n) is 15.7. The second-order valence-electron chi connectivity index (χ2n) is 23.2. The molecule has 0 aromatic heterocycles. The van der Waals surface area contributed by atoms with Crippen LogP contribution in [0.2, 0.25) is 0 Å². The maximum atomic E-state index is 13.1. The van der Waals surface area contributed by atoms with Crippen LogP contribution in [0.4, 0.5) is 0 Å². The monoisotopic (exact) mass is 1100 g/mol. The summed E-state index contributed by atoms with van der Waals surface area (Å²) < 4.78 is 16.7. The summed E-state index contributed by atoms with van der Waals surface area (Å²) in [5.41, 5.74) is 0. The van der Waals surface area contributed by atoms with E-state index in [1.165, 1.54) is 225 Å². The first kappa shape index (κ1) is 73.9. The fourth-order valence-corrected chi connectivity index (χ4v) is 10.4. The quantitative estimate of drug-likeness (QED) is 0.0195. The summed E-state index contributed by atoms with van der Waals surface area (Å²) in [7, 11) is 0. The zero-order valence-electron chi connectivity index (χ0n) is 50.6. The Labute approximate surface area is 479 Å². The first-order valence-corrected chi connectivity index (χ1v) is 33.3. The number of amides is 1. The molecule has 1 rings (SSSR count). The molecule has 11 heteroatoms. The molecule has 1 amide bonds. The van der Waals surface area contributed by atoms with Gasteiger partial charge in [0.05, 0.1) is 32.0 Å². The second kappa shape index (κ2) is 56.7. The molecule has 0 saturated carbocycles. The van der Waals surface area contributed by atoms with Gasteiger partial charge in [0.15, 0.2) is 6.29 Å². The predicted octanol–water partition coefficient (Wildman–Crippen LogP) is 16.2. The van der Waals surface area contributed by atoms with Crippen molar-refractivity contribution in [2.24, 2.45) is 0 Å². The molecule has 0 bridgehead atoms. The fourth-order valence-electron chi connectivity index (χ4n) is 10.4. The predicted molar refractivity (Wildman–Crippen MR) is 324 cm³/mol. The van der Waals surface area contributed by atoms with Crippen LogP contribution in [0.15, 0.2) is 36.5 Å². The Morgan fingerprint density at radius 3 is 1.27 bits per heavy atom. The van der Waals surface area contributed by atoms with E-state index >= 15 is 0 Å². The SMILES string of the molecule is CCCCCCCCCC/C=C/CC/C=C/C(O)C(COC1OC(CO)C(O)C(O)C1O)NC(=O)CCCCCCCCCCC/C=C\CCCCCCCCCCCCCCOC(=O)CCCCCCCCCCCCC. The second-order valence-corrected chi connectivity index (χ2v) is 23.2. The van der Waals surface area contributed by atoms with Gasteiger partial charge in [-0.3, -0.25) is 9.59 Å². The summed E-state index contributed by atoms with van der Waals surface area (Å²) in [6, 6.07) is -0.830. The average molecular weight is 1100 g/mol. The summed E-state index contributed by atoms with van der Waals surface area (Å²) in [5.74, 6) is -0.191. The van der Waals surface area contributed by atoms with Gasteiger partial charge in [0, 0.05) is 12.8 Å². The van der Waals surface area contributed by atoms with Crippen LogP contribution in [0, 0.1) is 0 Å². The zero-order chi connectivity index (χ0) is 56.6. The third kappa shape index (κ3) is 45.5. The van der Waals surface area contributed by atoms with Crippen LogP contribution in [0.5, 0.6) is 0 Å². The highest BCUT2D eigenvalue weighted by molar-refractivity contribution is 5.76. The van der Waals surface area contributed by atoms with Crippen molar-refractivity contribution in [1.29, 1.82) is 0 Å². The van der Waals surface area contributed by atoms with Gasteiger partial charge in [-0.1, -0.05) is 269 Å². The molecular weight excluding hydrogens is 979 g/mol. The van der Waals surface area contributed by atoms with Crippen molar-refractivity contribution in [3.63, 3.8) is 0 Å². The van der Waals surface area contributed by atoms with E-state index in [1.54, 1.807) is 6.08 Å². The van der Waals surface area contributed by atoms with E-state index in [4.69, 9.17) is 14.2 Å². The van der Waals surface area contributed by atoms with Crippen LogP contribution < -0.4 is 5.32 Å². The van der Waals surface area contributed by atoms with Crippen molar-refractivity contribution in [3.8, 4) is 0 Å². The number of ether oxygens (including phenoxy) is 3. The molecule has 1 aliphatic rings. The van der Waals surface area contributed by atoms with E-state index in [0.29, 0.717) is 19.4 Å². The standard InChI is InChI=1S/C67H125NO10/c1-3-5-7-9-11-13-15-16-30-34-37-41-45-49-53-60(70)59(58-77-67-66(75)65(74)64(73)61(57-69)78-67)68-62(71)54-50-46-42-38-35-31-28-26-24-22-20-18-17-19-21-23-25-27-29-32-36-40-44-48-52-56-76-63(72)55-51-47-43-39-33-14-12-10-8-6-4-2/h18,20,34,37,49,53,59-61,64-67,69-70,73-75H,3-17,19,21-33,35-36,38-48,50-52,54-58H2,1-2H3,(H,68,71)/b20-18-,37-34+,53-49+. The molecule has 0 aromatic carbocycles. The third-order valence-corrected chi connectivity index (χ3v) is 15.7. The zero-order valence-corrected chi connectivity index (χ0v) is 50.6. The first-order chi connectivity index (χ1) is 38.2. The Morgan fingerprint density at radius 2 is 0.833 bits per heavy atom. The lowest BCUT2D eigenvalue weighted by atomic mass is 9.99. The van der Waals surface area contributed by atoms with Gasteiger partial charge in [-0.25, -0.2) is 0 Å². The minimum absolute atomic E-state index is 0.00235. The lowest BCUT2D eigenvalue weighted by Crippen LogP contribution is -2.60. The van der Waals surface area contributed by atoms with Crippen molar-refractivity contribution in [3.05, 3.63) is 36.5 Å². The molecule has 11 nitrogen and oxygen atoms in total. The van der Waals surface area contributed by atoms with Gasteiger partial charge in [0.25, 0.3) is 0 Å². The van der Waals surface area contributed by atoms with Crippen molar-refractivity contribution in [2.75, 3.05) is 19.8 Å². The van der Waals surface area contributed by atoms with Gasteiger partial charge in [-0.05, 0) is 70.6 Å². The van der Waals surface area contributed by atoms with Gasteiger partial charge in [-0.15, -0.1) is 0 Å². The number of nitrogens with one attached hydrogen (secondary N) is 1. The highest BCUT2D eigenvalue weighted by Gasteiger charge is 2.44. The summed E-state index contributed by atoms with van der Waals surface area (Å²) in [6.45, 7) is 4.34. The number of aliphatic hydroxyl groups excluding tert-OH is 5. The van der Waals surface area contributed by atoms with Crippen LogP contribution in [0.1, 0.15) is 316 Å². The maximum absolute atomic E-state index is 13.1. The van der Waals surface area contributed by atoms with Crippen molar-refractivity contribution >= 4 is 11.9 Å². The number of carbonyl (C=O) groups excluding carboxylic acids is 2. The Bertz CT molecular complexity index is 1390. The Balaban J connectivity index is 2.05. The molecule has 1 heterocycles. The van der Waals surface area contributed by atoms with Gasteiger partial charge in [0.1, 0.15) is 24.4 Å². The van der Waals surface area contributed by atoms with E-state index < -0.39 is 49.5 Å². The molecule has 1 aliphatic heterocycles. The number of allylic oxidation sites excluding steroid dienone is 5. The minimum Gasteiger partial charge on any atom is -0.466 e. The van der Waals surface area contributed by atoms with E-state index in [-0.39, 0.29) is 18.5 Å². The number of rotatable bonds is 58. The van der Waals surface area contributed by atoms with Gasteiger partial charge in [0.2, 0.25) is 5.91 Å². The highest BCUT2D eigenvalue weighted by atomic mass is 16.7. The molecule has 1 saturated heterocycles. The van der Waals surface area contributed by atoms with E-state index in [2.05, 4.69) is 43.5 Å². The van der Waals surface area contributed by atoms with Crippen LogP contribution in [0.25, 0.3) is 0 Å². The first-order valence-electron chi connectivity index (χ1n) is 33.3. The molecule has 6 N–H and O–H groups in total. The smallest absolute Gasteiger partial charge is 0.305 e. The summed E-state index contributed by atoms with van der Waals surface area (Å²) in [6.07, 6.45) is 61.1. The van der Waals surface area contributed by atoms with Crippen LogP contribution in [-0.2, 0) is 23.8 Å². The lowest BCUT2D eigenvalue weighted by Gasteiger charge is -2.40. The molecule has 7 atom stereocenters. The molecule has 0 aromatic rings. The molecule has 0 spiro atoms. The fraction of sp³-hybridized carbons (Fsp3) is 0.881. The van der Waals surface area contributed by atoms with Crippen LogP contribution in [0.3, 0.4) is 0 Å². The average Bonchev–Trinajstić information content (AvgIpc) is 3.45. The Hall–Kier alpha value is -2.12. The highest BCUT2D eigenvalue weighted by Crippen LogP contribution is 2.23. The number of unbranched alkanes of at least 4 members (excludes halogenated alkanes) is 40. The van der Waals surface area contributed by atoms with E-state index in [9.17, 15) is 35.1 Å². The maximum Gasteiger partial charge on any atom is 0.305 e. The van der Waals surface area contributed by atoms with Crippen LogP contribution >= 0.6 is 0 Å². The molecule has 0 radical (unpaired) electrons. The number of esters is 1. The van der Waals surface area contributed by atoms with Gasteiger partial charge in [-0.2, -0.15) is 0 Å². The van der Waals surface area contributed by atoms with E-state index in [0.717, 1.165) is 64.2 Å². The minimum atomic E-state index is -1.58. The molecule has 458 valence electrons. The molecule has 1 fully saturated rings. The molecule has 78 heavy (non-hydrogen) atoms. The van der Waals surface area contributed by atoms with Crippen molar-refractivity contribution in [2.45, 2.75) is 358 Å². The summed E-state index contributed by atoms with van der Waals surface area (Å²) >= 11 is 0. The van der Waals surface area contributed by atoms with Gasteiger partial charge < -0.3 is 45.1 Å². The molecular formula is C67H125NO10. The molecule has 7 unspecified atom stereocenters. The summed E-state index contributed by atoms with van der Waals surface area (Å²) in [5, 5.41) is 54.4. The normalized spacial score (nSPS) is 18.7.